The molecule has 0 spiro atoms. The van der Waals surface area contributed by atoms with E-state index in [-0.39, 0.29) is 0 Å². The van der Waals surface area contributed by atoms with Crippen LogP contribution in [0.1, 0.15) is 6.92 Å². The highest BCUT2D eigenvalue weighted by molar-refractivity contribution is 6.36. The Kier molecular flexibility index (Phi) is 6.30. The molecule has 0 N–H and O–H groups in total. The number of halogens is 1. The standard InChI is InChI=1S/C26H28ClN3O/c1-18(15-29(2)3)16-30-17-23(26-24(27)9-6-10-25(26)30)21-11-20(13-28-14-21)19-7-5-8-22(12-19)31-4/h5-14,17-18H,15-16H2,1-4H3. The summed E-state index contributed by atoms with van der Waals surface area (Å²) in [5.41, 5.74) is 5.43. The van der Waals surface area contributed by atoms with Crippen LogP contribution in [-0.4, -0.2) is 42.2 Å². The lowest BCUT2D eigenvalue weighted by molar-refractivity contribution is 0.318. The van der Waals surface area contributed by atoms with Gasteiger partial charge in [0.1, 0.15) is 5.75 Å². The number of rotatable bonds is 7. The van der Waals surface area contributed by atoms with Crippen LogP contribution in [0.25, 0.3) is 33.2 Å². The quantitative estimate of drug-likeness (QED) is 0.346. The summed E-state index contributed by atoms with van der Waals surface area (Å²) in [5.74, 6) is 1.34. The third-order valence-electron chi connectivity index (χ3n) is 5.49. The van der Waals surface area contributed by atoms with Crippen molar-refractivity contribution < 1.29 is 4.74 Å². The van der Waals surface area contributed by atoms with E-state index in [1.165, 1.54) is 0 Å². The molecule has 0 aliphatic heterocycles. The first-order chi connectivity index (χ1) is 15.0. The smallest absolute Gasteiger partial charge is 0.119 e. The van der Waals surface area contributed by atoms with Gasteiger partial charge in [-0.3, -0.25) is 4.98 Å². The Morgan fingerprint density at radius 1 is 1.03 bits per heavy atom. The molecule has 160 valence electrons. The van der Waals surface area contributed by atoms with Gasteiger partial charge in [-0.1, -0.05) is 36.7 Å². The molecule has 0 amide bonds. The minimum absolute atomic E-state index is 0.513. The molecule has 0 aliphatic carbocycles. The van der Waals surface area contributed by atoms with Gasteiger partial charge >= 0.3 is 0 Å². The van der Waals surface area contributed by atoms with E-state index in [2.05, 4.69) is 59.9 Å². The molecule has 0 aliphatic rings. The van der Waals surface area contributed by atoms with Crippen molar-refractivity contribution in [1.82, 2.24) is 14.5 Å². The molecule has 0 bridgehead atoms. The first-order valence-electron chi connectivity index (χ1n) is 10.5. The third-order valence-corrected chi connectivity index (χ3v) is 5.81. The van der Waals surface area contributed by atoms with Crippen molar-refractivity contribution in [2.75, 3.05) is 27.7 Å². The van der Waals surface area contributed by atoms with Crippen molar-refractivity contribution in [1.29, 1.82) is 0 Å². The predicted octanol–water partition coefficient (Wildman–Crippen LogP) is 6.23. The normalized spacial score (nSPS) is 12.5. The zero-order chi connectivity index (χ0) is 22.0. The minimum Gasteiger partial charge on any atom is -0.497 e. The van der Waals surface area contributed by atoms with Crippen molar-refractivity contribution in [3.8, 4) is 28.0 Å². The lowest BCUT2D eigenvalue weighted by Gasteiger charge is -2.18. The zero-order valence-corrected chi connectivity index (χ0v) is 19.2. The Morgan fingerprint density at radius 3 is 2.58 bits per heavy atom. The van der Waals surface area contributed by atoms with E-state index in [0.29, 0.717) is 5.92 Å². The Bertz CT molecular complexity index is 1200. The molecule has 2 aromatic carbocycles. The summed E-state index contributed by atoms with van der Waals surface area (Å²) in [4.78, 5) is 6.77. The second-order valence-electron chi connectivity index (χ2n) is 8.39. The van der Waals surface area contributed by atoms with E-state index in [0.717, 1.165) is 57.0 Å². The molecule has 5 heteroatoms. The van der Waals surface area contributed by atoms with Crippen molar-refractivity contribution >= 4 is 22.5 Å². The zero-order valence-electron chi connectivity index (χ0n) is 18.5. The molecule has 0 saturated carbocycles. The number of nitrogens with zero attached hydrogens (tertiary/aromatic N) is 3. The van der Waals surface area contributed by atoms with Crippen LogP contribution >= 0.6 is 11.6 Å². The molecule has 2 aromatic heterocycles. The van der Waals surface area contributed by atoms with Gasteiger partial charge in [-0.25, -0.2) is 0 Å². The number of fused-ring (bicyclic) bond motifs is 1. The molecule has 1 atom stereocenters. The average molecular weight is 434 g/mol. The summed E-state index contributed by atoms with van der Waals surface area (Å²) in [6.07, 6.45) is 6.02. The van der Waals surface area contributed by atoms with Crippen LogP contribution in [0.2, 0.25) is 5.02 Å². The van der Waals surface area contributed by atoms with Gasteiger partial charge in [-0.05, 0) is 55.9 Å². The fraction of sp³-hybridized carbons (Fsp3) is 0.269. The van der Waals surface area contributed by atoms with Gasteiger partial charge in [-0.2, -0.15) is 0 Å². The highest BCUT2D eigenvalue weighted by Crippen LogP contribution is 2.37. The fourth-order valence-corrected chi connectivity index (χ4v) is 4.51. The SMILES string of the molecule is COc1cccc(-c2cncc(-c3cn(CC(C)CN(C)C)c4cccc(Cl)c34)c2)c1. The van der Waals surface area contributed by atoms with Gasteiger partial charge in [-0.15, -0.1) is 0 Å². The van der Waals surface area contributed by atoms with Crippen LogP contribution in [0.15, 0.2) is 67.1 Å². The van der Waals surface area contributed by atoms with E-state index in [4.69, 9.17) is 16.3 Å². The Labute approximate surface area is 189 Å². The molecule has 0 fully saturated rings. The van der Waals surface area contributed by atoms with Gasteiger partial charge in [0.15, 0.2) is 0 Å². The summed E-state index contributed by atoms with van der Waals surface area (Å²) in [6.45, 7) is 4.24. The molecule has 1 unspecified atom stereocenters. The van der Waals surface area contributed by atoms with Crippen LogP contribution in [-0.2, 0) is 6.54 Å². The topological polar surface area (TPSA) is 30.3 Å². The second kappa shape index (κ2) is 9.13. The molecule has 0 radical (unpaired) electrons. The van der Waals surface area contributed by atoms with Gasteiger partial charge in [0.2, 0.25) is 0 Å². The molecular formula is C26H28ClN3O. The van der Waals surface area contributed by atoms with Gasteiger partial charge < -0.3 is 14.2 Å². The second-order valence-corrected chi connectivity index (χ2v) is 8.80. The van der Waals surface area contributed by atoms with Gasteiger partial charge in [0.25, 0.3) is 0 Å². The number of ether oxygens (including phenoxy) is 1. The molecule has 0 saturated heterocycles. The van der Waals surface area contributed by atoms with E-state index in [1.54, 1.807) is 7.11 Å². The summed E-state index contributed by atoms with van der Waals surface area (Å²) < 4.78 is 7.71. The summed E-state index contributed by atoms with van der Waals surface area (Å²) >= 11 is 6.68. The Balaban J connectivity index is 1.79. The maximum Gasteiger partial charge on any atom is 0.119 e. The predicted molar refractivity (Wildman–Crippen MR) is 130 cm³/mol. The van der Waals surface area contributed by atoms with Gasteiger partial charge in [0, 0.05) is 53.8 Å². The van der Waals surface area contributed by atoms with E-state index in [1.807, 2.05) is 42.7 Å². The molecule has 2 heterocycles. The monoisotopic (exact) mass is 433 g/mol. The van der Waals surface area contributed by atoms with Crippen molar-refractivity contribution in [3.63, 3.8) is 0 Å². The first kappa shape index (κ1) is 21.4. The Hall–Kier alpha value is -2.82. The average Bonchev–Trinajstić information content (AvgIpc) is 3.13. The third kappa shape index (κ3) is 4.60. The number of methoxy groups -OCH3 is 1. The summed E-state index contributed by atoms with van der Waals surface area (Å²) in [7, 11) is 5.91. The number of hydrogen-bond donors (Lipinski definition) is 0. The number of pyridine rings is 1. The number of aromatic nitrogens is 2. The number of benzene rings is 2. The molecule has 31 heavy (non-hydrogen) atoms. The molecule has 4 nitrogen and oxygen atoms in total. The van der Waals surface area contributed by atoms with Crippen molar-refractivity contribution in [2.45, 2.75) is 13.5 Å². The lowest BCUT2D eigenvalue weighted by atomic mass is 10.0. The Morgan fingerprint density at radius 2 is 1.81 bits per heavy atom. The van der Waals surface area contributed by atoms with Crippen molar-refractivity contribution in [3.05, 3.63) is 72.1 Å². The first-order valence-corrected chi connectivity index (χ1v) is 10.9. The van der Waals surface area contributed by atoms with E-state index in [9.17, 15) is 0 Å². The van der Waals surface area contributed by atoms with Crippen molar-refractivity contribution in [2.24, 2.45) is 5.92 Å². The summed E-state index contributed by atoms with van der Waals surface area (Å²) in [6, 6.07) is 16.3. The largest absolute Gasteiger partial charge is 0.497 e. The molecular weight excluding hydrogens is 406 g/mol. The van der Waals surface area contributed by atoms with Crippen LogP contribution in [0.3, 0.4) is 0 Å². The minimum atomic E-state index is 0.513. The van der Waals surface area contributed by atoms with E-state index >= 15 is 0 Å². The maximum absolute atomic E-state index is 6.68. The highest BCUT2D eigenvalue weighted by Gasteiger charge is 2.16. The van der Waals surface area contributed by atoms with Gasteiger partial charge in [0.05, 0.1) is 17.6 Å². The summed E-state index contributed by atoms with van der Waals surface area (Å²) in [5, 5.41) is 1.84. The van der Waals surface area contributed by atoms with E-state index < -0.39 is 0 Å². The lowest BCUT2D eigenvalue weighted by Crippen LogP contribution is -2.22. The maximum atomic E-state index is 6.68. The van der Waals surface area contributed by atoms with Crippen LogP contribution < -0.4 is 4.74 Å². The molecule has 4 rings (SSSR count). The number of hydrogen-bond acceptors (Lipinski definition) is 3. The highest BCUT2D eigenvalue weighted by atomic mass is 35.5. The van der Waals surface area contributed by atoms with Crippen LogP contribution in [0.5, 0.6) is 5.75 Å². The van der Waals surface area contributed by atoms with Crippen LogP contribution in [0, 0.1) is 5.92 Å². The van der Waals surface area contributed by atoms with Crippen LogP contribution in [0.4, 0.5) is 0 Å². The molecule has 4 aromatic rings. The fourth-order valence-electron chi connectivity index (χ4n) is 4.24.